The molecular weight excluding hydrogens is 196 g/mol. The fraction of sp³-hybridized carbons (Fsp3) is 0.417. The molecule has 0 aliphatic rings. The Morgan fingerprint density at radius 1 is 1.50 bits per heavy atom. The molecule has 0 saturated heterocycles. The summed E-state index contributed by atoms with van der Waals surface area (Å²) in [6, 6.07) is 5.87. The van der Waals surface area contributed by atoms with E-state index in [1.54, 1.807) is 6.92 Å². The highest BCUT2D eigenvalue weighted by atomic mass is 35.5. The summed E-state index contributed by atoms with van der Waals surface area (Å²) in [5.41, 5.74) is 3.03. The first-order valence-electron chi connectivity index (χ1n) is 4.84. The van der Waals surface area contributed by atoms with Crippen LogP contribution in [0, 0.1) is 6.92 Å². The topological polar surface area (TPSA) is 17.1 Å². The summed E-state index contributed by atoms with van der Waals surface area (Å²) in [4.78, 5) is 11.7. The van der Waals surface area contributed by atoms with E-state index < -0.39 is 5.38 Å². The number of hydrogen-bond acceptors (Lipinski definition) is 1. The van der Waals surface area contributed by atoms with E-state index in [9.17, 15) is 4.79 Å². The molecule has 1 nitrogen and oxygen atoms in total. The van der Waals surface area contributed by atoms with E-state index in [-0.39, 0.29) is 5.78 Å². The van der Waals surface area contributed by atoms with Crippen LogP contribution < -0.4 is 0 Å². The van der Waals surface area contributed by atoms with Crippen molar-refractivity contribution in [1.29, 1.82) is 0 Å². The molecule has 1 aromatic carbocycles. The van der Waals surface area contributed by atoms with Crippen molar-refractivity contribution in [1.82, 2.24) is 0 Å². The van der Waals surface area contributed by atoms with Gasteiger partial charge in [0.1, 0.15) is 0 Å². The van der Waals surface area contributed by atoms with Crippen molar-refractivity contribution >= 4 is 17.4 Å². The molecule has 0 N–H and O–H groups in total. The van der Waals surface area contributed by atoms with Crippen molar-refractivity contribution in [3.63, 3.8) is 0 Å². The highest BCUT2D eigenvalue weighted by Gasteiger charge is 2.15. The van der Waals surface area contributed by atoms with Gasteiger partial charge in [-0.15, -0.1) is 11.6 Å². The van der Waals surface area contributed by atoms with Crippen molar-refractivity contribution in [2.45, 2.75) is 32.6 Å². The lowest BCUT2D eigenvalue weighted by atomic mass is 9.98. The van der Waals surface area contributed by atoms with Crippen molar-refractivity contribution in [2.24, 2.45) is 0 Å². The van der Waals surface area contributed by atoms with Gasteiger partial charge in [0.2, 0.25) is 0 Å². The number of benzene rings is 1. The van der Waals surface area contributed by atoms with Gasteiger partial charge in [-0.2, -0.15) is 0 Å². The molecule has 2 heteroatoms. The summed E-state index contributed by atoms with van der Waals surface area (Å²) in [6.45, 7) is 5.78. The number of carbonyl (C=O) groups excluding carboxylic acids is 1. The molecule has 1 unspecified atom stereocenters. The summed E-state index contributed by atoms with van der Waals surface area (Å²) in [5.74, 6) is 0.0171. The lowest BCUT2D eigenvalue weighted by molar-refractivity contribution is 0.0991. The minimum atomic E-state index is -0.442. The smallest absolute Gasteiger partial charge is 0.180 e. The van der Waals surface area contributed by atoms with Crippen molar-refractivity contribution in [3.05, 3.63) is 34.9 Å². The number of hydrogen-bond donors (Lipinski definition) is 0. The highest BCUT2D eigenvalue weighted by molar-refractivity contribution is 6.33. The third kappa shape index (κ3) is 2.36. The minimum Gasteiger partial charge on any atom is -0.293 e. The second kappa shape index (κ2) is 4.61. The van der Waals surface area contributed by atoms with Gasteiger partial charge in [-0.1, -0.05) is 30.7 Å². The van der Waals surface area contributed by atoms with Gasteiger partial charge in [0.05, 0.1) is 5.38 Å². The zero-order valence-corrected chi connectivity index (χ0v) is 9.56. The van der Waals surface area contributed by atoms with Crippen molar-refractivity contribution in [2.75, 3.05) is 0 Å². The first kappa shape index (κ1) is 11.3. The molecule has 0 fully saturated rings. The van der Waals surface area contributed by atoms with Crippen molar-refractivity contribution < 1.29 is 4.79 Å². The average molecular weight is 211 g/mol. The molecule has 0 aromatic heterocycles. The van der Waals surface area contributed by atoms with Crippen LogP contribution in [0.25, 0.3) is 0 Å². The zero-order valence-electron chi connectivity index (χ0n) is 8.80. The molecule has 0 saturated carbocycles. The predicted molar refractivity (Wildman–Crippen MR) is 60.2 cm³/mol. The van der Waals surface area contributed by atoms with Crippen LogP contribution in [-0.2, 0) is 6.42 Å². The average Bonchev–Trinajstić information content (AvgIpc) is 2.16. The van der Waals surface area contributed by atoms with Gasteiger partial charge < -0.3 is 0 Å². The van der Waals surface area contributed by atoms with E-state index in [0.717, 1.165) is 17.5 Å². The van der Waals surface area contributed by atoms with E-state index in [1.807, 2.05) is 32.0 Å². The summed E-state index contributed by atoms with van der Waals surface area (Å²) in [7, 11) is 0. The summed E-state index contributed by atoms with van der Waals surface area (Å²) < 4.78 is 0. The fourth-order valence-corrected chi connectivity index (χ4v) is 1.59. The Labute approximate surface area is 90.1 Å². The van der Waals surface area contributed by atoms with Gasteiger partial charge >= 0.3 is 0 Å². The number of carbonyl (C=O) groups is 1. The number of Topliss-reactive ketones (excluding diaryl/α,β-unsaturated/α-hetero) is 1. The quantitative estimate of drug-likeness (QED) is 0.552. The monoisotopic (exact) mass is 210 g/mol. The molecule has 0 bridgehead atoms. The number of ketones is 1. The van der Waals surface area contributed by atoms with Crippen LogP contribution in [0.15, 0.2) is 18.2 Å². The maximum absolute atomic E-state index is 11.7. The Morgan fingerprint density at radius 3 is 2.64 bits per heavy atom. The van der Waals surface area contributed by atoms with Gasteiger partial charge in [-0.25, -0.2) is 0 Å². The third-order valence-electron chi connectivity index (χ3n) is 2.27. The van der Waals surface area contributed by atoms with Crippen LogP contribution in [-0.4, -0.2) is 11.2 Å². The molecule has 14 heavy (non-hydrogen) atoms. The summed E-state index contributed by atoms with van der Waals surface area (Å²) >= 11 is 5.78. The summed E-state index contributed by atoms with van der Waals surface area (Å²) in [6.07, 6.45) is 0.867. The molecule has 0 radical (unpaired) electrons. The zero-order chi connectivity index (χ0) is 10.7. The standard InChI is InChI=1S/C12H15ClO/c1-4-10-7-8(2)5-6-11(10)12(14)9(3)13/h5-7,9H,4H2,1-3H3. The number of rotatable bonds is 3. The molecule has 0 aliphatic carbocycles. The number of halogens is 1. The van der Waals surface area contributed by atoms with Crippen LogP contribution in [0.1, 0.15) is 35.3 Å². The second-order valence-electron chi connectivity index (χ2n) is 3.49. The Bertz CT molecular complexity index is 342. The number of alkyl halides is 1. The lowest BCUT2D eigenvalue weighted by Crippen LogP contribution is -2.12. The highest BCUT2D eigenvalue weighted by Crippen LogP contribution is 2.16. The van der Waals surface area contributed by atoms with Crippen LogP contribution >= 0.6 is 11.6 Å². The van der Waals surface area contributed by atoms with Gasteiger partial charge in [0.15, 0.2) is 5.78 Å². The van der Waals surface area contributed by atoms with Gasteiger partial charge in [-0.05, 0) is 25.8 Å². The SMILES string of the molecule is CCc1cc(C)ccc1C(=O)C(C)Cl. The molecule has 76 valence electrons. The van der Waals surface area contributed by atoms with Crippen LogP contribution in [0.2, 0.25) is 0 Å². The maximum Gasteiger partial charge on any atom is 0.180 e. The van der Waals surface area contributed by atoms with Crippen LogP contribution in [0.4, 0.5) is 0 Å². The summed E-state index contributed by atoms with van der Waals surface area (Å²) in [5, 5.41) is -0.442. The Balaban J connectivity index is 3.14. The molecular formula is C12H15ClO. The van der Waals surface area contributed by atoms with Crippen molar-refractivity contribution in [3.8, 4) is 0 Å². The fourth-order valence-electron chi connectivity index (χ4n) is 1.47. The predicted octanol–water partition coefficient (Wildman–Crippen LogP) is 3.37. The Kier molecular flexibility index (Phi) is 3.70. The normalized spacial score (nSPS) is 12.6. The molecule has 1 aromatic rings. The van der Waals surface area contributed by atoms with E-state index in [0.29, 0.717) is 0 Å². The second-order valence-corrected chi connectivity index (χ2v) is 4.15. The number of aryl methyl sites for hydroxylation is 2. The molecule has 0 amide bonds. The first-order chi connectivity index (χ1) is 6.56. The largest absolute Gasteiger partial charge is 0.293 e. The van der Waals surface area contributed by atoms with E-state index in [1.165, 1.54) is 5.56 Å². The minimum absolute atomic E-state index is 0.0171. The Morgan fingerprint density at radius 2 is 2.14 bits per heavy atom. The first-order valence-corrected chi connectivity index (χ1v) is 5.27. The maximum atomic E-state index is 11.7. The van der Waals surface area contributed by atoms with Crippen LogP contribution in [0.3, 0.4) is 0 Å². The lowest BCUT2D eigenvalue weighted by Gasteiger charge is -2.08. The third-order valence-corrected chi connectivity index (χ3v) is 2.47. The van der Waals surface area contributed by atoms with Gasteiger partial charge in [0.25, 0.3) is 0 Å². The van der Waals surface area contributed by atoms with E-state index in [2.05, 4.69) is 0 Å². The van der Waals surface area contributed by atoms with Gasteiger partial charge in [0, 0.05) is 5.56 Å². The van der Waals surface area contributed by atoms with Crippen LogP contribution in [0.5, 0.6) is 0 Å². The van der Waals surface area contributed by atoms with Gasteiger partial charge in [-0.3, -0.25) is 4.79 Å². The molecule has 1 atom stereocenters. The molecule has 0 heterocycles. The van der Waals surface area contributed by atoms with E-state index in [4.69, 9.17) is 11.6 Å². The molecule has 0 spiro atoms. The molecule has 0 aliphatic heterocycles. The van der Waals surface area contributed by atoms with E-state index >= 15 is 0 Å². The molecule has 1 rings (SSSR count). The Hall–Kier alpha value is -0.820.